The van der Waals surface area contributed by atoms with Crippen molar-refractivity contribution in [1.82, 2.24) is 0 Å². The van der Waals surface area contributed by atoms with Gasteiger partial charge in [0.1, 0.15) is 11.5 Å². The number of ketones is 1. The molecular weight excluding hydrogens is 552 g/mol. The molecule has 1 aliphatic carbocycles. The fourth-order valence-corrected chi connectivity index (χ4v) is 5.09. The summed E-state index contributed by atoms with van der Waals surface area (Å²) in [7, 11) is 1.51. The van der Waals surface area contributed by atoms with Crippen molar-refractivity contribution < 1.29 is 19.1 Å². The fourth-order valence-electron chi connectivity index (χ4n) is 5.09. The van der Waals surface area contributed by atoms with Crippen LogP contribution in [-0.4, -0.2) is 30.4 Å². The van der Waals surface area contributed by atoms with E-state index in [4.69, 9.17) is 4.74 Å². The topological polar surface area (TPSA) is 109 Å². The molecule has 8 nitrogen and oxygen atoms in total. The lowest BCUT2D eigenvalue weighted by Crippen LogP contribution is -2.30. The number of fused-ring (bicyclic) bond motifs is 2. The van der Waals surface area contributed by atoms with Gasteiger partial charge in [0.2, 0.25) is 5.78 Å². The zero-order chi connectivity index (χ0) is 30.6. The van der Waals surface area contributed by atoms with Crippen LogP contribution in [0.25, 0.3) is 16.8 Å². The van der Waals surface area contributed by atoms with Gasteiger partial charge >= 0.3 is 0 Å². The van der Waals surface area contributed by atoms with Gasteiger partial charge in [0.05, 0.1) is 18.4 Å². The predicted octanol–water partition coefficient (Wildman–Crippen LogP) is 6.83. The van der Waals surface area contributed by atoms with E-state index in [0.717, 1.165) is 16.3 Å². The summed E-state index contributed by atoms with van der Waals surface area (Å²) in [5, 5.41) is 12.2. The second-order valence-electron chi connectivity index (χ2n) is 10.2. The second kappa shape index (κ2) is 12.1. The molecule has 0 saturated heterocycles. The lowest BCUT2D eigenvalue weighted by molar-refractivity contribution is -0.116. The normalized spacial score (nSPS) is 13.2. The number of hydrogen-bond acceptors (Lipinski definition) is 6. The van der Waals surface area contributed by atoms with Gasteiger partial charge in [0.15, 0.2) is 0 Å². The summed E-state index contributed by atoms with van der Waals surface area (Å²) in [5.41, 5.74) is 7.25. The van der Waals surface area contributed by atoms with Gasteiger partial charge in [-0.25, -0.2) is 0 Å². The number of Topliss-reactive ketones (excluding diaryl/α,β-unsaturated/α-hetero) is 1. The van der Waals surface area contributed by atoms with E-state index in [0.29, 0.717) is 39.5 Å². The zero-order valence-electron chi connectivity index (χ0n) is 24.0. The van der Waals surface area contributed by atoms with Crippen molar-refractivity contribution >= 4 is 57.2 Å². The number of hydrogen-bond donors (Lipinski definition) is 3. The standard InChI is InChI=1S/C36H28N4O4/c1-22-19-31(32(44-2)21-30(22)38-35(42)24-12-4-3-5-13-24)39-40-33-27-17-9-7-14-25(27)20-28(34(33)41)36(43)37-29-18-10-15-23-11-6-8-16-26(23)29/h3-21,39H,1-2H3,(H,37,43)(H,38,42). The second-order valence-corrected chi connectivity index (χ2v) is 10.2. The number of ether oxygens (including phenoxy) is 1. The van der Waals surface area contributed by atoms with Crippen molar-refractivity contribution in [2.24, 2.45) is 5.10 Å². The Hall–Kier alpha value is -6.02. The molecule has 1 aliphatic rings. The molecule has 0 radical (unpaired) electrons. The minimum atomic E-state index is -0.527. The third-order valence-electron chi connectivity index (χ3n) is 7.38. The van der Waals surface area contributed by atoms with Crippen molar-refractivity contribution in [2.75, 3.05) is 23.2 Å². The van der Waals surface area contributed by atoms with Gasteiger partial charge in [-0.1, -0.05) is 78.9 Å². The summed E-state index contributed by atoms with van der Waals surface area (Å²) < 4.78 is 5.58. The molecule has 0 heterocycles. The fraction of sp³-hybridized carbons (Fsp3) is 0.0556. The summed E-state index contributed by atoms with van der Waals surface area (Å²) in [6, 6.07) is 33.0. The van der Waals surface area contributed by atoms with Crippen LogP contribution in [0.4, 0.5) is 17.1 Å². The minimum Gasteiger partial charge on any atom is -0.494 e. The maximum Gasteiger partial charge on any atom is 0.259 e. The van der Waals surface area contributed by atoms with E-state index in [1.807, 2.05) is 67.6 Å². The van der Waals surface area contributed by atoms with Crippen LogP contribution in [0.5, 0.6) is 5.75 Å². The van der Waals surface area contributed by atoms with Gasteiger partial charge in [-0.05, 0) is 53.8 Å². The molecule has 0 unspecified atom stereocenters. The number of nitrogens with zero attached hydrogens (tertiary/aromatic N) is 1. The van der Waals surface area contributed by atoms with Gasteiger partial charge in [-0.2, -0.15) is 5.10 Å². The highest BCUT2D eigenvalue weighted by atomic mass is 16.5. The van der Waals surface area contributed by atoms with Crippen LogP contribution in [0.3, 0.4) is 0 Å². The van der Waals surface area contributed by atoms with Crippen LogP contribution in [0.1, 0.15) is 27.0 Å². The van der Waals surface area contributed by atoms with Crippen LogP contribution >= 0.6 is 0 Å². The first-order valence-electron chi connectivity index (χ1n) is 14.0. The van der Waals surface area contributed by atoms with Crippen molar-refractivity contribution in [3.05, 3.63) is 137 Å². The van der Waals surface area contributed by atoms with Crippen LogP contribution in [0.2, 0.25) is 0 Å². The first kappa shape index (κ1) is 28.1. The Morgan fingerprint density at radius 1 is 0.727 bits per heavy atom. The van der Waals surface area contributed by atoms with Gasteiger partial charge in [-0.3, -0.25) is 19.8 Å². The number of aryl methyl sites for hydroxylation is 1. The minimum absolute atomic E-state index is 0.0284. The molecule has 5 aromatic carbocycles. The van der Waals surface area contributed by atoms with Crippen LogP contribution in [-0.2, 0) is 9.59 Å². The molecule has 0 bridgehead atoms. The highest BCUT2D eigenvalue weighted by Gasteiger charge is 2.30. The molecule has 2 amide bonds. The average Bonchev–Trinajstić information content (AvgIpc) is 3.05. The molecule has 0 fully saturated rings. The molecule has 216 valence electrons. The number of rotatable bonds is 7. The summed E-state index contributed by atoms with van der Waals surface area (Å²) in [6.07, 6.45) is 1.59. The number of amides is 2. The van der Waals surface area contributed by atoms with Crippen LogP contribution < -0.4 is 20.8 Å². The first-order chi connectivity index (χ1) is 21.4. The zero-order valence-corrected chi connectivity index (χ0v) is 24.0. The quantitative estimate of drug-likeness (QED) is 0.144. The van der Waals surface area contributed by atoms with E-state index in [-0.39, 0.29) is 17.2 Å². The van der Waals surface area contributed by atoms with E-state index in [1.165, 1.54) is 7.11 Å². The Labute approximate surface area is 254 Å². The first-order valence-corrected chi connectivity index (χ1v) is 14.0. The van der Waals surface area contributed by atoms with E-state index in [1.54, 1.807) is 54.6 Å². The van der Waals surface area contributed by atoms with Crippen molar-refractivity contribution in [2.45, 2.75) is 6.92 Å². The maximum absolute atomic E-state index is 13.8. The van der Waals surface area contributed by atoms with Crippen LogP contribution in [0, 0.1) is 6.92 Å². The molecule has 8 heteroatoms. The molecule has 0 atom stereocenters. The number of hydrazone groups is 1. The molecule has 44 heavy (non-hydrogen) atoms. The van der Waals surface area contributed by atoms with E-state index in [2.05, 4.69) is 21.2 Å². The molecule has 0 aliphatic heterocycles. The maximum atomic E-state index is 13.8. The molecule has 0 spiro atoms. The molecular formula is C36H28N4O4. The van der Waals surface area contributed by atoms with Gasteiger partial charge < -0.3 is 15.4 Å². The largest absolute Gasteiger partial charge is 0.494 e. The lowest BCUT2D eigenvalue weighted by Gasteiger charge is -2.19. The van der Waals surface area contributed by atoms with E-state index in [9.17, 15) is 14.4 Å². The summed E-state index contributed by atoms with van der Waals surface area (Å²) in [5.74, 6) is -0.886. The van der Waals surface area contributed by atoms with Crippen molar-refractivity contribution in [3.8, 4) is 5.75 Å². The Morgan fingerprint density at radius 3 is 2.25 bits per heavy atom. The monoisotopic (exact) mass is 580 g/mol. The van der Waals surface area contributed by atoms with Gasteiger partial charge in [0.25, 0.3) is 11.8 Å². The SMILES string of the molecule is COc1cc(NC(=O)c2ccccc2)c(C)cc1NN=C1C(=O)C(C(=O)Nc2cccc3ccccc23)=Cc2ccccc21. The number of nitrogens with one attached hydrogen (secondary N) is 3. The Bertz CT molecular complexity index is 1990. The summed E-state index contributed by atoms with van der Waals surface area (Å²) in [4.78, 5) is 40.0. The number of benzene rings is 5. The summed E-state index contributed by atoms with van der Waals surface area (Å²) in [6.45, 7) is 1.85. The Kier molecular flexibility index (Phi) is 7.71. The molecule has 5 aromatic rings. The van der Waals surface area contributed by atoms with Gasteiger partial charge in [0, 0.05) is 34.0 Å². The highest BCUT2D eigenvalue weighted by Crippen LogP contribution is 2.32. The highest BCUT2D eigenvalue weighted by molar-refractivity contribution is 6.59. The predicted molar refractivity (Wildman–Crippen MR) is 174 cm³/mol. The van der Waals surface area contributed by atoms with E-state index < -0.39 is 11.7 Å². The number of carbonyl (C=O) groups excluding carboxylic acids is 3. The van der Waals surface area contributed by atoms with E-state index >= 15 is 0 Å². The lowest BCUT2D eigenvalue weighted by atomic mass is 9.89. The molecule has 6 rings (SSSR count). The Balaban J connectivity index is 1.29. The third-order valence-corrected chi connectivity index (χ3v) is 7.38. The van der Waals surface area contributed by atoms with Crippen molar-refractivity contribution in [3.63, 3.8) is 0 Å². The molecule has 0 aromatic heterocycles. The molecule has 0 saturated carbocycles. The van der Waals surface area contributed by atoms with Crippen molar-refractivity contribution in [1.29, 1.82) is 0 Å². The number of anilines is 3. The molecule has 3 N–H and O–H groups in total. The van der Waals surface area contributed by atoms with Gasteiger partial charge in [-0.15, -0.1) is 0 Å². The Morgan fingerprint density at radius 2 is 1.43 bits per heavy atom. The van der Waals surface area contributed by atoms with Crippen LogP contribution in [0.15, 0.2) is 120 Å². The number of methoxy groups -OCH3 is 1. The third kappa shape index (κ3) is 5.56. The smallest absolute Gasteiger partial charge is 0.259 e. The summed E-state index contributed by atoms with van der Waals surface area (Å²) >= 11 is 0. The number of carbonyl (C=O) groups is 3. The average molecular weight is 581 g/mol.